The molecule has 154 valence electrons. The van der Waals surface area contributed by atoms with Crippen molar-refractivity contribution in [1.29, 1.82) is 0 Å². The normalized spacial score (nSPS) is 45.2. The number of carbonyl (C=O) groups is 2. The molecule has 0 aromatic rings. The number of ketones is 1. The number of carboxylic acid groups (broad SMARTS) is 1. The molecule has 0 unspecified atom stereocenters. The van der Waals surface area contributed by atoms with Gasteiger partial charge >= 0.3 is 5.97 Å². The van der Waals surface area contributed by atoms with E-state index in [1.54, 1.807) is 6.21 Å². The van der Waals surface area contributed by atoms with Crippen LogP contribution in [0, 0.1) is 28.6 Å². The number of hydrogen-bond donors (Lipinski definition) is 3. The first-order valence-corrected chi connectivity index (χ1v) is 10.3. The highest BCUT2D eigenvalue weighted by Crippen LogP contribution is 2.63. The lowest BCUT2D eigenvalue weighted by Crippen LogP contribution is -2.56. The monoisotopic (exact) mass is 391 g/mol. The van der Waals surface area contributed by atoms with Gasteiger partial charge in [-0.05, 0) is 56.3 Å². The van der Waals surface area contributed by atoms with Gasteiger partial charge in [-0.25, -0.2) is 4.79 Å². The van der Waals surface area contributed by atoms with E-state index in [4.69, 9.17) is 9.94 Å². The zero-order chi connectivity index (χ0) is 20.1. The summed E-state index contributed by atoms with van der Waals surface area (Å²) in [5.41, 5.74) is 0.157. The lowest BCUT2D eigenvalue weighted by atomic mass is 9.47. The quantitative estimate of drug-likeness (QED) is 0.383. The second-order valence-corrected chi connectivity index (χ2v) is 9.23. The Kier molecular flexibility index (Phi) is 4.86. The van der Waals surface area contributed by atoms with Crippen LogP contribution in [0.15, 0.2) is 16.8 Å². The van der Waals surface area contributed by atoms with Gasteiger partial charge in [0, 0.05) is 17.3 Å². The molecule has 0 aliphatic heterocycles. The van der Waals surface area contributed by atoms with E-state index in [1.165, 1.54) is 0 Å². The van der Waals surface area contributed by atoms with Crippen LogP contribution >= 0.6 is 0 Å². The Morgan fingerprint density at radius 3 is 2.82 bits per heavy atom. The minimum Gasteiger partial charge on any atom is -0.479 e. The summed E-state index contributed by atoms with van der Waals surface area (Å²) in [6, 6.07) is 0. The van der Waals surface area contributed by atoms with Gasteiger partial charge in [0.15, 0.2) is 0 Å². The molecule has 0 radical (unpaired) electrons. The fourth-order valence-corrected chi connectivity index (χ4v) is 6.59. The van der Waals surface area contributed by atoms with Gasteiger partial charge in [0.2, 0.25) is 6.61 Å². The molecule has 0 spiro atoms. The molecule has 0 amide bonds. The molecule has 4 aliphatic carbocycles. The summed E-state index contributed by atoms with van der Waals surface area (Å²) in [5, 5.41) is 34.0. The number of fused-ring (bicyclic) bond motifs is 5. The predicted molar refractivity (Wildman–Crippen MR) is 101 cm³/mol. The maximum Gasteiger partial charge on any atom is 0.344 e. The van der Waals surface area contributed by atoms with Crippen LogP contribution in [0.1, 0.15) is 51.9 Å². The molecule has 0 aromatic heterocycles. The van der Waals surface area contributed by atoms with Gasteiger partial charge in [0.25, 0.3) is 0 Å². The van der Waals surface area contributed by atoms with E-state index in [9.17, 15) is 19.8 Å². The highest BCUT2D eigenvalue weighted by Gasteiger charge is 2.61. The minimum atomic E-state index is -1.08. The first-order chi connectivity index (χ1) is 13.3. The van der Waals surface area contributed by atoms with Crippen LogP contribution in [0.5, 0.6) is 0 Å². The van der Waals surface area contributed by atoms with Gasteiger partial charge in [-0.1, -0.05) is 23.7 Å². The van der Waals surface area contributed by atoms with Crippen LogP contribution in [0.25, 0.3) is 0 Å². The van der Waals surface area contributed by atoms with Gasteiger partial charge in [-0.15, -0.1) is 0 Å². The van der Waals surface area contributed by atoms with E-state index in [-0.39, 0.29) is 23.2 Å². The molecule has 0 bridgehead atoms. The van der Waals surface area contributed by atoms with E-state index in [0.29, 0.717) is 31.5 Å². The predicted octanol–water partition coefficient (Wildman–Crippen LogP) is 1.92. The van der Waals surface area contributed by atoms with E-state index >= 15 is 0 Å². The van der Waals surface area contributed by atoms with Gasteiger partial charge in [-0.3, -0.25) is 4.79 Å². The minimum absolute atomic E-state index is 0.0323. The Morgan fingerprint density at radius 2 is 2.07 bits per heavy atom. The van der Waals surface area contributed by atoms with Crippen molar-refractivity contribution in [2.75, 3.05) is 6.61 Å². The molecule has 7 atom stereocenters. The smallest absolute Gasteiger partial charge is 0.344 e. The van der Waals surface area contributed by atoms with Crippen LogP contribution in [0.4, 0.5) is 0 Å². The molecule has 0 saturated heterocycles. The number of hydrogen-bond acceptors (Lipinski definition) is 6. The summed E-state index contributed by atoms with van der Waals surface area (Å²) >= 11 is 0. The lowest BCUT2D eigenvalue weighted by Gasteiger charge is -2.57. The molecule has 4 rings (SSSR count). The Labute approximate surface area is 164 Å². The Balaban J connectivity index is 1.71. The zero-order valence-electron chi connectivity index (χ0n) is 16.2. The van der Waals surface area contributed by atoms with Gasteiger partial charge in [0.1, 0.15) is 5.78 Å². The summed E-state index contributed by atoms with van der Waals surface area (Å²) in [5.74, 6) is -0.557. The van der Waals surface area contributed by atoms with Crippen molar-refractivity contribution in [3.05, 3.63) is 11.6 Å². The van der Waals surface area contributed by atoms with E-state index in [2.05, 4.69) is 12.1 Å². The number of Topliss-reactive ketones (excluding diaryl/α,β-unsaturated/α-hetero) is 1. The van der Waals surface area contributed by atoms with Crippen LogP contribution in [-0.4, -0.2) is 52.1 Å². The highest BCUT2D eigenvalue weighted by atomic mass is 16.6. The van der Waals surface area contributed by atoms with Crippen LogP contribution in [0.2, 0.25) is 0 Å². The Hall–Kier alpha value is -1.73. The topological polar surface area (TPSA) is 116 Å². The van der Waals surface area contributed by atoms with E-state index in [1.807, 2.05) is 6.08 Å². The summed E-state index contributed by atoms with van der Waals surface area (Å²) in [7, 11) is 0. The van der Waals surface area contributed by atoms with Crippen molar-refractivity contribution in [3.63, 3.8) is 0 Å². The van der Waals surface area contributed by atoms with Gasteiger partial charge in [0.05, 0.1) is 18.4 Å². The number of carbonyl (C=O) groups excluding carboxylic acids is 1. The molecular formula is C21H29NO6. The largest absolute Gasteiger partial charge is 0.479 e. The summed E-state index contributed by atoms with van der Waals surface area (Å²) < 4.78 is 0. The second-order valence-electron chi connectivity index (χ2n) is 9.23. The number of nitrogens with zero attached hydrogens (tertiary/aromatic N) is 1. The highest BCUT2D eigenvalue weighted by molar-refractivity contribution is 5.87. The number of aliphatic hydroxyl groups is 2. The molecule has 3 N–H and O–H groups in total. The van der Waals surface area contributed by atoms with Crippen LogP contribution in [0.3, 0.4) is 0 Å². The third-order valence-electron chi connectivity index (χ3n) is 7.96. The lowest BCUT2D eigenvalue weighted by molar-refractivity contribution is -0.142. The molecular weight excluding hydrogens is 362 g/mol. The third-order valence-corrected chi connectivity index (χ3v) is 7.96. The van der Waals surface area contributed by atoms with Crippen molar-refractivity contribution < 1.29 is 29.7 Å². The molecule has 0 aromatic carbocycles. The SMILES string of the molecule is C[C@]12CC[C@H]3[C@@H]([C@H](O)C=C4C[C@@H](O)CC[C@@]43/C=N/OCC(=O)O)[C@@H]1CCC2=O. The van der Waals surface area contributed by atoms with Crippen molar-refractivity contribution >= 4 is 18.0 Å². The first-order valence-electron chi connectivity index (χ1n) is 10.3. The molecule has 7 nitrogen and oxygen atoms in total. The molecule has 0 heterocycles. The van der Waals surface area contributed by atoms with E-state index < -0.39 is 30.2 Å². The average Bonchev–Trinajstić information content (AvgIpc) is 2.94. The van der Waals surface area contributed by atoms with Crippen LogP contribution in [-0.2, 0) is 14.4 Å². The third kappa shape index (κ3) is 2.90. The molecule has 3 fully saturated rings. The van der Waals surface area contributed by atoms with Crippen molar-refractivity contribution in [1.82, 2.24) is 0 Å². The maximum atomic E-state index is 12.6. The van der Waals surface area contributed by atoms with Crippen LogP contribution < -0.4 is 0 Å². The van der Waals surface area contributed by atoms with Gasteiger partial charge < -0.3 is 20.2 Å². The fourth-order valence-electron chi connectivity index (χ4n) is 6.59. The molecule has 4 aliphatic rings. The number of rotatable bonds is 4. The Morgan fingerprint density at radius 1 is 1.29 bits per heavy atom. The number of aliphatic carboxylic acids is 1. The summed E-state index contributed by atoms with van der Waals surface area (Å²) in [4.78, 5) is 28.3. The van der Waals surface area contributed by atoms with Crippen molar-refractivity contribution in [3.8, 4) is 0 Å². The van der Waals surface area contributed by atoms with Crippen molar-refractivity contribution in [2.45, 2.75) is 64.1 Å². The summed E-state index contributed by atoms with van der Waals surface area (Å²) in [6.07, 6.45) is 7.28. The van der Waals surface area contributed by atoms with Crippen molar-refractivity contribution in [2.24, 2.45) is 33.7 Å². The molecule has 7 heteroatoms. The zero-order valence-corrected chi connectivity index (χ0v) is 16.2. The van der Waals surface area contributed by atoms with E-state index in [0.717, 1.165) is 24.8 Å². The number of carboxylic acids is 1. The maximum absolute atomic E-state index is 12.6. The number of aliphatic hydroxyl groups excluding tert-OH is 2. The first kappa shape index (κ1) is 19.6. The summed E-state index contributed by atoms with van der Waals surface area (Å²) in [6.45, 7) is 1.55. The fraction of sp³-hybridized carbons (Fsp3) is 0.762. The standard InChI is InChI=1S/C21H29NO6/c1-20-6-5-15-19(14(20)2-3-17(20)25)16(24)9-12-8-13(23)4-7-21(12,15)11-22-28-10-18(26)27/h9,11,13-16,19,23-24H,2-8,10H2,1H3,(H,26,27)/b22-11+/t13-,14-,15-,16+,19-,20-,21+/m0/s1. The second kappa shape index (κ2) is 6.95. The molecule has 3 saturated carbocycles. The average molecular weight is 391 g/mol. The molecule has 28 heavy (non-hydrogen) atoms. The van der Waals surface area contributed by atoms with Gasteiger partial charge in [-0.2, -0.15) is 0 Å². The number of oxime groups is 1. The Bertz CT molecular complexity index is 732.